The van der Waals surface area contributed by atoms with Gasteiger partial charge in [0.05, 0.1) is 0 Å². The van der Waals surface area contributed by atoms with Crippen molar-refractivity contribution in [2.75, 3.05) is 13.1 Å². The molecule has 0 radical (unpaired) electrons. The number of piperidine rings is 1. The fourth-order valence-electron chi connectivity index (χ4n) is 2.14. The van der Waals surface area contributed by atoms with Gasteiger partial charge in [-0.25, -0.2) is 0 Å². The van der Waals surface area contributed by atoms with Gasteiger partial charge in [0.15, 0.2) is 0 Å². The average molecular weight is 189 g/mol. The van der Waals surface area contributed by atoms with Crippen LogP contribution in [0.4, 0.5) is 0 Å². The monoisotopic (exact) mass is 189 g/mol. The molecular weight excluding hydrogens is 174 g/mol. The second kappa shape index (κ2) is 4.38. The van der Waals surface area contributed by atoms with Gasteiger partial charge in [0.25, 0.3) is 0 Å². The number of aldehydes is 1. The number of benzene rings is 1. The van der Waals surface area contributed by atoms with Crippen LogP contribution in [0.2, 0.25) is 0 Å². The quantitative estimate of drug-likeness (QED) is 0.716. The van der Waals surface area contributed by atoms with Crippen LogP contribution < -0.4 is 5.32 Å². The molecule has 1 fully saturated rings. The lowest BCUT2D eigenvalue weighted by atomic mass is 9.82. The molecular formula is C12H15NO. The van der Waals surface area contributed by atoms with Crippen molar-refractivity contribution in [3.05, 3.63) is 35.9 Å². The van der Waals surface area contributed by atoms with Gasteiger partial charge < -0.3 is 10.1 Å². The molecule has 14 heavy (non-hydrogen) atoms. The van der Waals surface area contributed by atoms with E-state index in [-0.39, 0.29) is 5.92 Å². The maximum absolute atomic E-state index is 10.9. The van der Waals surface area contributed by atoms with Crippen LogP contribution in [-0.2, 0) is 4.79 Å². The third kappa shape index (κ3) is 1.85. The van der Waals surface area contributed by atoms with E-state index in [2.05, 4.69) is 17.4 Å². The van der Waals surface area contributed by atoms with Crippen LogP contribution in [0.1, 0.15) is 17.9 Å². The molecule has 1 aromatic carbocycles. The van der Waals surface area contributed by atoms with E-state index in [1.807, 2.05) is 18.2 Å². The van der Waals surface area contributed by atoms with Gasteiger partial charge in [0.2, 0.25) is 0 Å². The maximum Gasteiger partial charge on any atom is 0.124 e. The summed E-state index contributed by atoms with van der Waals surface area (Å²) in [6, 6.07) is 10.3. The zero-order valence-corrected chi connectivity index (χ0v) is 8.15. The summed E-state index contributed by atoms with van der Waals surface area (Å²) in [7, 11) is 0. The topological polar surface area (TPSA) is 29.1 Å². The highest BCUT2D eigenvalue weighted by molar-refractivity contribution is 5.56. The summed E-state index contributed by atoms with van der Waals surface area (Å²) in [6.07, 6.45) is 2.15. The molecule has 0 unspecified atom stereocenters. The second-order valence-corrected chi connectivity index (χ2v) is 3.81. The minimum absolute atomic E-state index is 0.145. The summed E-state index contributed by atoms with van der Waals surface area (Å²) < 4.78 is 0. The lowest BCUT2D eigenvalue weighted by molar-refractivity contribution is -0.112. The molecule has 0 aromatic heterocycles. The number of hydrogen-bond acceptors (Lipinski definition) is 2. The Kier molecular flexibility index (Phi) is 2.94. The molecule has 0 saturated carbocycles. The molecule has 1 N–H and O–H groups in total. The Morgan fingerprint density at radius 2 is 2.07 bits per heavy atom. The zero-order valence-electron chi connectivity index (χ0n) is 8.15. The molecule has 0 spiro atoms. The van der Waals surface area contributed by atoms with Crippen molar-refractivity contribution in [2.24, 2.45) is 5.92 Å². The summed E-state index contributed by atoms with van der Waals surface area (Å²) in [5.41, 5.74) is 1.30. The van der Waals surface area contributed by atoms with Gasteiger partial charge in [0, 0.05) is 12.5 Å². The molecule has 1 aliphatic rings. The van der Waals surface area contributed by atoms with Crippen molar-refractivity contribution < 1.29 is 4.79 Å². The van der Waals surface area contributed by atoms with Crippen LogP contribution in [0.25, 0.3) is 0 Å². The predicted molar refractivity (Wildman–Crippen MR) is 56.2 cm³/mol. The van der Waals surface area contributed by atoms with Crippen LogP contribution in [0.15, 0.2) is 30.3 Å². The number of nitrogens with one attached hydrogen (secondary N) is 1. The predicted octanol–water partition coefficient (Wildman–Crippen LogP) is 1.58. The number of carbonyl (C=O) groups is 1. The van der Waals surface area contributed by atoms with Crippen molar-refractivity contribution in [3.8, 4) is 0 Å². The van der Waals surface area contributed by atoms with Crippen molar-refractivity contribution in [2.45, 2.75) is 12.3 Å². The van der Waals surface area contributed by atoms with E-state index in [0.717, 1.165) is 25.8 Å². The lowest BCUT2D eigenvalue weighted by Crippen LogP contribution is -2.36. The Morgan fingerprint density at radius 1 is 1.29 bits per heavy atom. The number of rotatable bonds is 2. The third-order valence-electron chi connectivity index (χ3n) is 2.93. The van der Waals surface area contributed by atoms with E-state index < -0.39 is 0 Å². The Labute approximate surface area is 84.3 Å². The molecule has 1 aromatic rings. The first-order chi connectivity index (χ1) is 6.92. The Morgan fingerprint density at radius 3 is 2.79 bits per heavy atom. The molecule has 2 nitrogen and oxygen atoms in total. The normalized spacial score (nSPS) is 27.1. The average Bonchev–Trinajstić information content (AvgIpc) is 2.30. The Balaban J connectivity index is 2.19. The molecule has 2 atom stereocenters. The summed E-state index contributed by atoms with van der Waals surface area (Å²) in [5, 5.41) is 3.25. The van der Waals surface area contributed by atoms with E-state index >= 15 is 0 Å². The fourth-order valence-corrected chi connectivity index (χ4v) is 2.14. The third-order valence-corrected chi connectivity index (χ3v) is 2.93. The molecule has 2 heteroatoms. The van der Waals surface area contributed by atoms with Crippen LogP contribution >= 0.6 is 0 Å². The Bertz CT molecular complexity index is 296. The first-order valence-electron chi connectivity index (χ1n) is 5.13. The smallest absolute Gasteiger partial charge is 0.124 e. The van der Waals surface area contributed by atoms with Gasteiger partial charge in [-0.1, -0.05) is 30.3 Å². The van der Waals surface area contributed by atoms with Gasteiger partial charge >= 0.3 is 0 Å². The van der Waals surface area contributed by atoms with E-state index in [9.17, 15) is 4.79 Å². The molecule has 2 rings (SSSR count). The molecule has 1 aliphatic heterocycles. The van der Waals surface area contributed by atoms with Crippen LogP contribution in [-0.4, -0.2) is 19.4 Å². The van der Waals surface area contributed by atoms with Crippen molar-refractivity contribution >= 4 is 6.29 Å². The second-order valence-electron chi connectivity index (χ2n) is 3.81. The molecule has 74 valence electrons. The standard InChI is InChI=1S/C12H15NO/c14-9-11-8-13-7-6-12(11)10-4-2-1-3-5-10/h1-5,9,11-13H,6-8H2/t11-,12+/m0/s1. The van der Waals surface area contributed by atoms with E-state index in [4.69, 9.17) is 0 Å². The largest absolute Gasteiger partial charge is 0.316 e. The number of carbonyl (C=O) groups excluding carboxylic acids is 1. The van der Waals surface area contributed by atoms with E-state index in [1.54, 1.807) is 0 Å². The maximum atomic E-state index is 10.9. The highest BCUT2D eigenvalue weighted by atomic mass is 16.1. The first-order valence-corrected chi connectivity index (χ1v) is 5.13. The van der Waals surface area contributed by atoms with Gasteiger partial charge in [-0.05, 0) is 24.4 Å². The summed E-state index contributed by atoms with van der Waals surface area (Å²) in [5.74, 6) is 0.557. The minimum Gasteiger partial charge on any atom is -0.316 e. The number of hydrogen-bond donors (Lipinski definition) is 1. The fraction of sp³-hybridized carbons (Fsp3) is 0.417. The van der Waals surface area contributed by atoms with E-state index in [1.165, 1.54) is 5.56 Å². The van der Waals surface area contributed by atoms with Crippen LogP contribution in [0, 0.1) is 5.92 Å². The molecule has 1 heterocycles. The van der Waals surface area contributed by atoms with Gasteiger partial charge in [-0.15, -0.1) is 0 Å². The van der Waals surface area contributed by atoms with E-state index in [0.29, 0.717) is 5.92 Å². The van der Waals surface area contributed by atoms with Gasteiger partial charge in [0.1, 0.15) is 6.29 Å². The molecule has 1 saturated heterocycles. The highest BCUT2D eigenvalue weighted by Crippen LogP contribution is 2.28. The summed E-state index contributed by atoms with van der Waals surface area (Å²) in [4.78, 5) is 10.9. The van der Waals surface area contributed by atoms with Crippen molar-refractivity contribution in [1.29, 1.82) is 0 Å². The first kappa shape index (κ1) is 9.41. The minimum atomic E-state index is 0.145. The van der Waals surface area contributed by atoms with Crippen LogP contribution in [0.5, 0.6) is 0 Å². The lowest BCUT2D eigenvalue weighted by Gasteiger charge is -2.28. The summed E-state index contributed by atoms with van der Waals surface area (Å²) >= 11 is 0. The molecule has 0 amide bonds. The van der Waals surface area contributed by atoms with Crippen molar-refractivity contribution in [3.63, 3.8) is 0 Å². The summed E-state index contributed by atoms with van der Waals surface area (Å²) in [6.45, 7) is 1.84. The van der Waals surface area contributed by atoms with Gasteiger partial charge in [-0.2, -0.15) is 0 Å². The molecule has 0 bridgehead atoms. The Hall–Kier alpha value is -1.15. The van der Waals surface area contributed by atoms with Crippen LogP contribution in [0.3, 0.4) is 0 Å². The molecule has 0 aliphatic carbocycles. The SMILES string of the molecule is O=C[C@@H]1CNCC[C@@H]1c1ccccc1. The highest BCUT2D eigenvalue weighted by Gasteiger charge is 2.25. The zero-order chi connectivity index (χ0) is 9.80. The van der Waals surface area contributed by atoms with Crippen molar-refractivity contribution in [1.82, 2.24) is 5.32 Å². The van der Waals surface area contributed by atoms with Gasteiger partial charge in [-0.3, -0.25) is 0 Å².